The Morgan fingerprint density at radius 2 is 2.06 bits per heavy atom. The molecule has 1 N–H and O–H groups in total. The largest absolute Gasteiger partial charge is 0.481 e. The Labute approximate surface area is 94.1 Å². The summed E-state index contributed by atoms with van der Waals surface area (Å²) >= 11 is 0. The summed E-state index contributed by atoms with van der Waals surface area (Å²) in [6.45, 7) is 1.52. The van der Waals surface area contributed by atoms with Gasteiger partial charge in [-0.05, 0) is 37.8 Å². The molecule has 2 rings (SSSR count). The van der Waals surface area contributed by atoms with Crippen LogP contribution in [-0.2, 0) is 11.2 Å². The Kier molecular flexibility index (Phi) is 2.54. The van der Waals surface area contributed by atoms with Gasteiger partial charge in [-0.25, -0.2) is 0 Å². The Bertz CT molecular complexity index is 444. The van der Waals surface area contributed by atoms with Gasteiger partial charge in [0, 0.05) is 5.56 Å². The van der Waals surface area contributed by atoms with E-state index in [1.807, 2.05) is 12.1 Å². The van der Waals surface area contributed by atoms with Gasteiger partial charge >= 0.3 is 5.97 Å². The van der Waals surface area contributed by atoms with E-state index < -0.39 is 11.4 Å². The fraction of sp³-hybridized carbons (Fsp3) is 0.385. The van der Waals surface area contributed by atoms with E-state index >= 15 is 0 Å². The third-order valence-corrected chi connectivity index (χ3v) is 3.18. The molecule has 0 bridgehead atoms. The lowest BCUT2D eigenvalue weighted by Gasteiger charge is -2.09. The summed E-state index contributed by atoms with van der Waals surface area (Å²) in [5.41, 5.74) is 1.03. The van der Waals surface area contributed by atoms with Crippen LogP contribution in [0.4, 0.5) is 0 Å². The number of benzene rings is 1. The lowest BCUT2D eigenvalue weighted by molar-refractivity contribution is -0.143. The van der Waals surface area contributed by atoms with Gasteiger partial charge in [0.25, 0.3) is 0 Å². The first-order chi connectivity index (χ1) is 7.53. The van der Waals surface area contributed by atoms with Crippen molar-refractivity contribution in [3.8, 4) is 0 Å². The molecular weight excluding hydrogens is 204 g/mol. The molecule has 1 aliphatic carbocycles. The summed E-state index contributed by atoms with van der Waals surface area (Å²) in [6, 6.07) is 7.25. The zero-order chi connectivity index (χ0) is 11.8. The van der Waals surface area contributed by atoms with Crippen molar-refractivity contribution >= 4 is 11.8 Å². The third kappa shape index (κ3) is 1.98. The Morgan fingerprint density at radius 1 is 1.38 bits per heavy atom. The maximum atomic E-state index is 11.2. The van der Waals surface area contributed by atoms with Gasteiger partial charge in [-0.1, -0.05) is 18.2 Å². The minimum atomic E-state index is -0.722. The van der Waals surface area contributed by atoms with Gasteiger partial charge in [-0.2, -0.15) is 0 Å². The first-order valence-corrected chi connectivity index (χ1v) is 5.37. The van der Waals surface area contributed by atoms with Crippen LogP contribution < -0.4 is 0 Å². The number of ketones is 1. The fourth-order valence-electron chi connectivity index (χ4n) is 1.91. The highest BCUT2D eigenvalue weighted by Gasteiger charge is 2.49. The molecule has 1 aliphatic rings. The fourth-order valence-corrected chi connectivity index (χ4v) is 1.91. The molecule has 0 amide bonds. The van der Waals surface area contributed by atoms with Crippen LogP contribution in [0.5, 0.6) is 0 Å². The Morgan fingerprint density at radius 3 is 2.56 bits per heavy atom. The van der Waals surface area contributed by atoms with Gasteiger partial charge < -0.3 is 5.11 Å². The smallest absolute Gasteiger partial charge is 0.309 e. The molecule has 1 saturated carbocycles. The second kappa shape index (κ2) is 3.74. The van der Waals surface area contributed by atoms with Crippen molar-refractivity contribution in [1.29, 1.82) is 0 Å². The molecule has 0 atom stereocenters. The first-order valence-electron chi connectivity index (χ1n) is 5.37. The van der Waals surface area contributed by atoms with Crippen LogP contribution in [-0.4, -0.2) is 16.9 Å². The summed E-state index contributed by atoms with van der Waals surface area (Å²) in [6.07, 6.45) is 2.02. The van der Waals surface area contributed by atoms with Crippen LogP contribution in [0.25, 0.3) is 0 Å². The average molecular weight is 218 g/mol. The Balaban J connectivity index is 2.19. The van der Waals surface area contributed by atoms with E-state index in [2.05, 4.69) is 0 Å². The number of carbonyl (C=O) groups excluding carboxylic acids is 1. The summed E-state index contributed by atoms with van der Waals surface area (Å²) in [7, 11) is 0. The van der Waals surface area contributed by atoms with E-state index in [0.717, 1.165) is 18.4 Å². The van der Waals surface area contributed by atoms with E-state index in [9.17, 15) is 9.59 Å². The molecule has 0 heterocycles. The van der Waals surface area contributed by atoms with E-state index in [4.69, 9.17) is 5.11 Å². The van der Waals surface area contributed by atoms with Crippen LogP contribution in [0.2, 0.25) is 0 Å². The monoisotopic (exact) mass is 218 g/mol. The molecule has 0 radical (unpaired) electrons. The zero-order valence-electron chi connectivity index (χ0n) is 9.19. The van der Waals surface area contributed by atoms with E-state index in [1.54, 1.807) is 12.1 Å². The second-order valence-corrected chi connectivity index (χ2v) is 4.52. The standard InChI is InChI=1S/C13H14O3/c1-9(14)11-4-2-3-10(7-11)8-13(5-6-13)12(15)16/h2-4,7H,5-6,8H2,1H3,(H,15,16). The van der Waals surface area contributed by atoms with Crippen LogP contribution in [0.1, 0.15) is 35.7 Å². The molecule has 16 heavy (non-hydrogen) atoms. The molecule has 0 saturated heterocycles. The van der Waals surface area contributed by atoms with Crippen molar-refractivity contribution in [2.24, 2.45) is 5.41 Å². The molecule has 3 nitrogen and oxygen atoms in total. The van der Waals surface area contributed by atoms with Gasteiger partial charge in [0.05, 0.1) is 5.41 Å². The molecule has 1 aromatic carbocycles. The van der Waals surface area contributed by atoms with Crippen molar-refractivity contribution in [2.75, 3.05) is 0 Å². The summed E-state index contributed by atoms with van der Waals surface area (Å²) in [4.78, 5) is 22.2. The number of Topliss-reactive ketones (excluding diaryl/α,β-unsaturated/α-hetero) is 1. The highest BCUT2D eigenvalue weighted by Crippen LogP contribution is 2.48. The highest BCUT2D eigenvalue weighted by atomic mass is 16.4. The lowest BCUT2D eigenvalue weighted by atomic mass is 9.95. The normalized spacial score (nSPS) is 16.8. The topological polar surface area (TPSA) is 54.4 Å². The van der Waals surface area contributed by atoms with Crippen molar-refractivity contribution in [1.82, 2.24) is 0 Å². The molecule has 0 aliphatic heterocycles. The molecule has 0 aromatic heterocycles. The Hall–Kier alpha value is -1.64. The third-order valence-electron chi connectivity index (χ3n) is 3.18. The first kappa shape index (κ1) is 10.9. The minimum absolute atomic E-state index is 0.0158. The number of carbonyl (C=O) groups is 2. The molecule has 1 fully saturated rings. The van der Waals surface area contributed by atoms with Gasteiger partial charge in [-0.15, -0.1) is 0 Å². The highest BCUT2D eigenvalue weighted by molar-refractivity contribution is 5.94. The maximum absolute atomic E-state index is 11.2. The predicted molar refractivity (Wildman–Crippen MR) is 59.5 cm³/mol. The zero-order valence-corrected chi connectivity index (χ0v) is 9.19. The van der Waals surface area contributed by atoms with Crippen LogP contribution in [0.3, 0.4) is 0 Å². The van der Waals surface area contributed by atoms with Crippen molar-refractivity contribution in [3.05, 3.63) is 35.4 Å². The van der Waals surface area contributed by atoms with Crippen LogP contribution in [0.15, 0.2) is 24.3 Å². The SMILES string of the molecule is CC(=O)c1cccc(CC2(C(=O)O)CC2)c1. The van der Waals surface area contributed by atoms with E-state index in [1.165, 1.54) is 6.92 Å². The van der Waals surface area contributed by atoms with Gasteiger partial charge in [0.1, 0.15) is 0 Å². The molecule has 3 heteroatoms. The predicted octanol–water partition coefficient (Wildman–Crippen LogP) is 2.30. The van der Waals surface area contributed by atoms with Crippen molar-refractivity contribution in [3.63, 3.8) is 0 Å². The summed E-state index contributed by atoms with van der Waals surface area (Å²) in [5, 5.41) is 9.08. The number of carboxylic acids is 1. The molecule has 84 valence electrons. The second-order valence-electron chi connectivity index (χ2n) is 4.52. The number of aliphatic carboxylic acids is 1. The van der Waals surface area contributed by atoms with E-state index in [0.29, 0.717) is 12.0 Å². The molecular formula is C13H14O3. The molecule has 0 spiro atoms. The number of rotatable bonds is 4. The van der Waals surface area contributed by atoms with Gasteiger partial charge in [0.15, 0.2) is 5.78 Å². The number of hydrogen-bond donors (Lipinski definition) is 1. The summed E-state index contributed by atoms with van der Waals surface area (Å²) in [5.74, 6) is -0.706. The van der Waals surface area contributed by atoms with Crippen molar-refractivity contribution in [2.45, 2.75) is 26.2 Å². The van der Waals surface area contributed by atoms with Gasteiger partial charge in [0.2, 0.25) is 0 Å². The maximum Gasteiger partial charge on any atom is 0.309 e. The van der Waals surface area contributed by atoms with Crippen LogP contribution in [0, 0.1) is 5.41 Å². The molecule has 1 aromatic rings. The van der Waals surface area contributed by atoms with E-state index in [-0.39, 0.29) is 5.78 Å². The lowest BCUT2D eigenvalue weighted by Crippen LogP contribution is -2.17. The minimum Gasteiger partial charge on any atom is -0.481 e. The summed E-state index contributed by atoms with van der Waals surface area (Å²) < 4.78 is 0. The average Bonchev–Trinajstić information content (AvgIpc) is 2.99. The van der Waals surface area contributed by atoms with Crippen molar-refractivity contribution < 1.29 is 14.7 Å². The van der Waals surface area contributed by atoms with Gasteiger partial charge in [-0.3, -0.25) is 9.59 Å². The quantitative estimate of drug-likeness (QED) is 0.789. The number of hydrogen-bond acceptors (Lipinski definition) is 2. The molecule has 0 unspecified atom stereocenters. The number of carboxylic acid groups (broad SMARTS) is 1. The van der Waals surface area contributed by atoms with Crippen LogP contribution >= 0.6 is 0 Å².